The fourth-order valence-corrected chi connectivity index (χ4v) is 9.53. The van der Waals surface area contributed by atoms with Crippen molar-refractivity contribution in [3.8, 4) is 0 Å². The lowest BCUT2D eigenvalue weighted by Crippen LogP contribution is -2.30. The van der Waals surface area contributed by atoms with Crippen LogP contribution in [0.3, 0.4) is 0 Å². The van der Waals surface area contributed by atoms with Crippen LogP contribution in [0.4, 0.5) is 0 Å². The predicted molar refractivity (Wildman–Crippen MR) is 348 cm³/mol. The molecule has 458 valence electrons. The lowest BCUT2D eigenvalue weighted by atomic mass is 10.0. The Hall–Kier alpha value is -3.93. The van der Waals surface area contributed by atoms with E-state index >= 15 is 0 Å². The molecule has 0 aliphatic carbocycles. The summed E-state index contributed by atoms with van der Waals surface area (Å²) in [6.07, 6.45) is 92.6. The van der Waals surface area contributed by atoms with Crippen LogP contribution in [0.5, 0.6) is 0 Å². The molecule has 0 aromatic rings. The summed E-state index contributed by atoms with van der Waals surface area (Å²) in [6.45, 7) is 6.41. The second kappa shape index (κ2) is 67.6. The lowest BCUT2D eigenvalue weighted by molar-refractivity contribution is -0.167. The molecule has 0 fully saturated rings. The van der Waals surface area contributed by atoms with Crippen LogP contribution in [0.2, 0.25) is 0 Å². The molecule has 0 aromatic carbocycles. The van der Waals surface area contributed by atoms with Gasteiger partial charge in [0.1, 0.15) is 13.2 Å². The van der Waals surface area contributed by atoms with Crippen LogP contribution < -0.4 is 0 Å². The van der Waals surface area contributed by atoms with Gasteiger partial charge in [0, 0.05) is 19.3 Å². The summed E-state index contributed by atoms with van der Waals surface area (Å²) in [7, 11) is 0. The van der Waals surface area contributed by atoms with Gasteiger partial charge in [0.2, 0.25) is 0 Å². The fourth-order valence-electron chi connectivity index (χ4n) is 9.53. The molecular formula is C74H126O6. The van der Waals surface area contributed by atoms with Crippen molar-refractivity contribution in [2.75, 3.05) is 13.2 Å². The molecule has 0 spiro atoms. The maximum absolute atomic E-state index is 12.9. The smallest absolute Gasteiger partial charge is 0.306 e. The van der Waals surface area contributed by atoms with Gasteiger partial charge in [0.05, 0.1) is 0 Å². The van der Waals surface area contributed by atoms with Crippen molar-refractivity contribution in [1.82, 2.24) is 0 Å². The summed E-state index contributed by atoms with van der Waals surface area (Å²) in [5, 5.41) is 0. The Balaban J connectivity index is 4.36. The fraction of sp³-hybridized carbons (Fsp3) is 0.716. The van der Waals surface area contributed by atoms with Crippen LogP contribution in [0.1, 0.15) is 323 Å². The second-order valence-electron chi connectivity index (χ2n) is 22.3. The standard InChI is InChI=1S/C74H126O6/c1-4-7-10-13-16-19-22-25-28-31-33-34-35-36-37-38-39-40-41-44-46-49-52-55-58-61-64-67-73(76)79-70-71(69-78-72(75)66-63-60-57-54-51-48-45-42-30-27-24-21-18-15-12-9-6-3)80-74(77)68-65-62-59-56-53-50-47-43-32-29-26-23-20-17-14-11-8-5-2/h7,9-10,12,16,18-19,21,25,27-28,30,33-34,45,48,54,57,71H,4-6,8,11,13-15,17,20,22-24,26,29,31-32,35-44,46-47,49-53,55-56,58-70H2,1-3H3/b10-7-,12-9-,19-16-,21-18-,28-25-,30-27-,34-33-,48-45-,57-54-. The molecule has 80 heavy (non-hydrogen) atoms. The molecule has 1 unspecified atom stereocenters. The van der Waals surface area contributed by atoms with Gasteiger partial charge in [-0.05, 0) is 96.3 Å². The van der Waals surface area contributed by atoms with Crippen molar-refractivity contribution in [2.45, 2.75) is 329 Å². The van der Waals surface area contributed by atoms with Gasteiger partial charge in [0.15, 0.2) is 6.10 Å². The number of carbonyl (C=O) groups excluding carboxylic acids is 3. The first-order valence-corrected chi connectivity index (χ1v) is 33.9. The van der Waals surface area contributed by atoms with Crippen molar-refractivity contribution in [1.29, 1.82) is 0 Å². The third kappa shape index (κ3) is 64.9. The first kappa shape index (κ1) is 76.1. The van der Waals surface area contributed by atoms with E-state index in [0.29, 0.717) is 19.3 Å². The number of esters is 3. The van der Waals surface area contributed by atoms with E-state index in [9.17, 15) is 14.4 Å². The van der Waals surface area contributed by atoms with Crippen LogP contribution in [-0.2, 0) is 28.6 Å². The molecule has 0 aliphatic rings. The molecule has 0 radical (unpaired) electrons. The highest BCUT2D eigenvalue weighted by Crippen LogP contribution is 2.17. The van der Waals surface area contributed by atoms with Crippen LogP contribution in [-0.4, -0.2) is 37.2 Å². The molecule has 0 saturated heterocycles. The number of allylic oxidation sites excluding steroid dienone is 18. The van der Waals surface area contributed by atoms with E-state index < -0.39 is 6.10 Å². The van der Waals surface area contributed by atoms with Gasteiger partial charge in [-0.3, -0.25) is 14.4 Å². The Morgan fingerprint density at radius 3 is 0.812 bits per heavy atom. The van der Waals surface area contributed by atoms with Crippen LogP contribution in [0.15, 0.2) is 109 Å². The summed E-state index contributed by atoms with van der Waals surface area (Å²) >= 11 is 0. The molecule has 0 aromatic heterocycles. The number of hydrogen-bond donors (Lipinski definition) is 0. The Morgan fingerprint density at radius 2 is 0.500 bits per heavy atom. The molecule has 0 rings (SSSR count). The predicted octanol–water partition coefficient (Wildman–Crippen LogP) is 23.4. The lowest BCUT2D eigenvalue weighted by Gasteiger charge is -2.18. The first-order valence-electron chi connectivity index (χ1n) is 33.9. The molecular weight excluding hydrogens is 985 g/mol. The Bertz CT molecular complexity index is 1610. The molecule has 0 heterocycles. The van der Waals surface area contributed by atoms with E-state index in [4.69, 9.17) is 14.2 Å². The zero-order chi connectivity index (χ0) is 57.8. The van der Waals surface area contributed by atoms with Crippen molar-refractivity contribution >= 4 is 17.9 Å². The van der Waals surface area contributed by atoms with Gasteiger partial charge >= 0.3 is 17.9 Å². The van der Waals surface area contributed by atoms with Crippen molar-refractivity contribution in [3.05, 3.63) is 109 Å². The van der Waals surface area contributed by atoms with Gasteiger partial charge in [-0.1, -0.05) is 316 Å². The zero-order valence-electron chi connectivity index (χ0n) is 52.6. The molecule has 6 heteroatoms. The second-order valence-corrected chi connectivity index (χ2v) is 22.3. The van der Waals surface area contributed by atoms with Gasteiger partial charge in [-0.15, -0.1) is 0 Å². The third-order valence-electron chi connectivity index (χ3n) is 14.5. The van der Waals surface area contributed by atoms with Gasteiger partial charge in [-0.2, -0.15) is 0 Å². The van der Waals surface area contributed by atoms with Gasteiger partial charge in [0.25, 0.3) is 0 Å². The highest BCUT2D eigenvalue weighted by molar-refractivity contribution is 5.71. The minimum absolute atomic E-state index is 0.0936. The molecule has 1 atom stereocenters. The van der Waals surface area contributed by atoms with E-state index in [1.54, 1.807) is 0 Å². The summed E-state index contributed by atoms with van der Waals surface area (Å²) in [6, 6.07) is 0. The van der Waals surface area contributed by atoms with Gasteiger partial charge < -0.3 is 14.2 Å². The largest absolute Gasteiger partial charge is 0.462 e. The zero-order valence-corrected chi connectivity index (χ0v) is 52.6. The normalized spacial score (nSPS) is 12.8. The molecule has 6 nitrogen and oxygen atoms in total. The Kier molecular flexibility index (Phi) is 64.3. The van der Waals surface area contributed by atoms with Crippen molar-refractivity contribution in [3.63, 3.8) is 0 Å². The number of ether oxygens (including phenoxy) is 3. The van der Waals surface area contributed by atoms with E-state index in [1.807, 2.05) is 0 Å². The third-order valence-corrected chi connectivity index (χ3v) is 14.5. The highest BCUT2D eigenvalue weighted by atomic mass is 16.6. The van der Waals surface area contributed by atoms with Crippen molar-refractivity contribution < 1.29 is 28.6 Å². The quantitative estimate of drug-likeness (QED) is 0.0261. The van der Waals surface area contributed by atoms with Crippen molar-refractivity contribution in [2.24, 2.45) is 0 Å². The topological polar surface area (TPSA) is 78.9 Å². The summed E-state index contributed by atoms with van der Waals surface area (Å²) < 4.78 is 16.9. The molecule has 0 N–H and O–H groups in total. The highest BCUT2D eigenvalue weighted by Gasteiger charge is 2.19. The van der Waals surface area contributed by atoms with Crippen LogP contribution >= 0.6 is 0 Å². The molecule has 0 aliphatic heterocycles. The van der Waals surface area contributed by atoms with Crippen LogP contribution in [0.25, 0.3) is 0 Å². The maximum Gasteiger partial charge on any atom is 0.306 e. The minimum Gasteiger partial charge on any atom is -0.462 e. The van der Waals surface area contributed by atoms with E-state index in [0.717, 1.165) is 103 Å². The SMILES string of the molecule is CC/C=C\C/C=C\C/C=C\C/C=C\C/C=C\CCCC(=O)OCC(COC(=O)CCCCCCCCCCCCCCCC/C=C\C/C=C\C/C=C\C/C=C\CC)OC(=O)CCCCCCCCCCCCCCCCCCCC. The monoisotopic (exact) mass is 1110 g/mol. The average molecular weight is 1110 g/mol. The van der Waals surface area contributed by atoms with Crippen LogP contribution in [0, 0.1) is 0 Å². The number of rotatable bonds is 61. The Labute approximate surface area is 495 Å². The maximum atomic E-state index is 12.9. The number of unbranched alkanes of at least 4 members (excludes halogenated alkanes) is 32. The number of carbonyl (C=O) groups is 3. The summed E-state index contributed by atoms with van der Waals surface area (Å²) in [4.78, 5) is 38.4. The summed E-state index contributed by atoms with van der Waals surface area (Å²) in [5.41, 5.74) is 0. The summed E-state index contributed by atoms with van der Waals surface area (Å²) in [5.74, 6) is -0.941. The molecule has 0 amide bonds. The van der Waals surface area contributed by atoms with Gasteiger partial charge in [-0.25, -0.2) is 0 Å². The molecule has 0 bridgehead atoms. The first-order chi connectivity index (χ1) is 39.5. The van der Waals surface area contributed by atoms with E-state index in [-0.39, 0.29) is 37.5 Å². The average Bonchev–Trinajstić information content (AvgIpc) is 3.46. The van der Waals surface area contributed by atoms with E-state index in [2.05, 4.69) is 130 Å². The minimum atomic E-state index is -0.802. The molecule has 0 saturated carbocycles. The number of hydrogen-bond acceptors (Lipinski definition) is 6. The Morgan fingerprint density at radius 1 is 0.263 bits per heavy atom. The van der Waals surface area contributed by atoms with E-state index in [1.165, 1.54) is 173 Å².